The highest BCUT2D eigenvalue weighted by Gasteiger charge is 2.32. The van der Waals surface area contributed by atoms with Crippen LogP contribution in [0.5, 0.6) is 0 Å². The summed E-state index contributed by atoms with van der Waals surface area (Å²) in [6, 6.07) is 0. The van der Waals surface area contributed by atoms with Crippen LogP contribution in [0.2, 0.25) is 0 Å². The van der Waals surface area contributed by atoms with E-state index in [4.69, 9.17) is 19.9 Å². The van der Waals surface area contributed by atoms with Gasteiger partial charge >= 0.3 is 5.97 Å². The van der Waals surface area contributed by atoms with Gasteiger partial charge in [0.05, 0.1) is 46.1 Å². The maximum Gasteiger partial charge on any atom is 0.335 e. The fraction of sp³-hybridized carbons (Fsp3) is 0.769. The van der Waals surface area contributed by atoms with Crippen molar-refractivity contribution >= 4 is 17.8 Å². The van der Waals surface area contributed by atoms with Gasteiger partial charge < -0.3 is 24.8 Å². The van der Waals surface area contributed by atoms with E-state index in [0.717, 1.165) is 0 Å². The van der Waals surface area contributed by atoms with E-state index in [-0.39, 0.29) is 25.9 Å². The Balaban J connectivity index is 1.93. The van der Waals surface area contributed by atoms with Gasteiger partial charge in [-0.15, -0.1) is 5.06 Å². The number of nitrogens with zero attached hydrogens (tertiary/aromatic N) is 1. The molecular formula is C13H22N2O7. The van der Waals surface area contributed by atoms with E-state index in [2.05, 4.69) is 4.84 Å². The van der Waals surface area contributed by atoms with Crippen LogP contribution in [-0.2, 0) is 33.4 Å². The molecule has 0 aromatic heterocycles. The van der Waals surface area contributed by atoms with Crippen LogP contribution in [0.4, 0.5) is 0 Å². The van der Waals surface area contributed by atoms with E-state index in [1.165, 1.54) is 0 Å². The lowest BCUT2D eigenvalue weighted by Crippen LogP contribution is -2.32. The van der Waals surface area contributed by atoms with Crippen LogP contribution >= 0.6 is 0 Å². The van der Waals surface area contributed by atoms with Gasteiger partial charge in [0.25, 0.3) is 11.8 Å². The van der Waals surface area contributed by atoms with E-state index in [9.17, 15) is 14.4 Å². The van der Waals surface area contributed by atoms with Crippen molar-refractivity contribution in [1.29, 1.82) is 0 Å². The molecule has 0 aliphatic carbocycles. The minimum absolute atomic E-state index is 0.0450. The maximum absolute atomic E-state index is 11.4. The van der Waals surface area contributed by atoms with E-state index in [0.29, 0.717) is 44.6 Å². The number of hydroxylamine groups is 2. The van der Waals surface area contributed by atoms with Gasteiger partial charge in [-0.3, -0.25) is 9.59 Å². The number of carbonyl (C=O) groups is 3. The third-order valence-electron chi connectivity index (χ3n) is 2.66. The highest BCUT2D eigenvalue weighted by molar-refractivity contribution is 6.01. The zero-order valence-corrected chi connectivity index (χ0v) is 12.5. The molecule has 1 saturated heterocycles. The topological polar surface area (TPSA) is 117 Å². The highest BCUT2D eigenvalue weighted by Crippen LogP contribution is 2.12. The Bertz CT molecular complexity index is 359. The summed E-state index contributed by atoms with van der Waals surface area (Å²) in [5.41, 5.74) is 5.25. The monoisotopic (exact) mass is 318 g/mol. The SMILES string of the molecule is NCCOCCOCCOCCC(=O)ON1C(=O)CCC1=O. The number of hydrogen-bond donors (Lipinski definition) is 1. The molecule has 1 aliphatic heterocycles. The maximum atomic E-state index is 11.4. The first-order chi connectivity index (χ1) is 10.6. The van der Waals surface area contributed by atoms with Gasteiger partial charge in [0, 0.05) is 19.4 Å². The van der Waals surface area contributed by atoms with Crippen molar-refractivity contribution < 1.29 is 33.4 Å². The zero-order chi connectivity index (χ0) is 16.2. The molecule has 9 nitrogen and oxygen atoms in total. The van der Waals surface area contributed by atoms with Crippen molar-refractivity contribution in [3.63, 3.8) is 0 Å². The van der Waals surface area contributed by atoms with Crippen LogP contribution in [0, 0.1) is 0 Å². The molecule has 0 aromatic rings. The van der Waals surface area contributed by atoms with Gasteiger partial charge in [-0.05, 0) is 0 Å². The van der Waals surface area contributed by atoms with Crippen molar-refractivity contribution in [1.82, 2.24) is 5.06 Å². The quantitative estimate of drug-likeness (QED) is 0.359. The van der Waals surface area contributed by atoms with Gasteiger partial charge in [-0.1, -0.05) is 0 Å². The van der Waals surface area contributed by atoms with E-state index < -0.39 is 17.8 Å². The Morgan fingerprint density at radius 1 is 0.909 bits per heavy atom. The molecule has 1 aliphatic rings. The van der Waals surface area contributed by atoms with Crippen molar-refractivity contribution in [2.75, 3.05) is 46.2 Å². The van der Waals surface area contributed by atoms with Crippen molar-refractivity contribution in [2.24, 2.45) is 5.73 Å². The number of amides is 2. The molecule has 0 spiro atoms. The first kappa shape index (κ1) is 18.5. The smallest absolute Gasteiger partial charge is 0.335 e. The molecule has 126 valence electrons. The number of carbonyl (C=O) groups excluding carboxylic acids is 3. The molecule has 22 heavy (non-hydrogen) atoms. The van der Waals surface area contributed by atoms with Crippen LogP contribution in [0.15, 0.2) is 0 Å². The fourth-order valence-electron chi connectivity index (χ4n) is 1.59. The van der Waals surface area contributed by atoms with Crippen LogP contribution in [-0.4, -0.2) is 69.0 Å². The average molecular weight is 318 g/mol. The van der Waals surface area contributed by atoms with Crippen LogP contribution in [0.3, 0.4) is 0 Å². The molecule has 9 heteroatoms. The van der Waals surface area contributed by atoms with Crippen LogP contribution in [0.25, 0.3) is 0 Å². The second-order valence-electron chi connectivity index (χ2n) is 4.42. The van der Waals surface area contributed by atoms with E-state index >= 15 is 0 Å². The largest absolute Gasteiger partial charge is 0.378 e. The molecule has 0 atom stereocenters. The summed E-state index contributed by atoms with van der Waals surface area (Å²) in [5, 5.41) is 0.521. The summed E-state index contributed by atoms with van der Waals surface area (Å²) in [6.07, 6.45) is 0.112. The molecule has 0 unspecified atom stereocenters. The molecule has 1 rings (SSSR count). The molecule has 0 saturated carbocycles. The van der Waals surface area contributed by atoms with Gasteiger partial charge in [0.1, 0.15) is 0 Å². The summed E-state index contributed by atoms with van der Waals surface area (Å²) in [7, 11) is 0. The molecule has 2 N–H and O–H groups in total. The summed E-state index contributed by atoms with van der Waals surface area (Å²) in [5.74, 6) is -1.67. The number of rotatable bonds is 12. The van der Waals surface area contributed by atoms with Crippen molar-refractivity contribution in [3.05, 3.63) is 0 Å². The Labute approximate surface area is 128 Å². The van der Waals surface area contributed by atoms with Crippen LogP contribution < -0.4 is 5.73 Å². The molecule has 1 fully saturated rings. The van der Waals surface area contributed by atoms with Gasteiger partial charge in [-0.25, -0.2) is 4.79 Å². The molecule has 1 heterocycles. The number of ether oxygens (including phenoxy) is 3. The summed E-state index contributed by atoms with van der Waals surface area (Å²) >= 11 is 0. The Morgan fingerprint density at radius 3 is 1.95 bits per heavy atom. The third kappa shape index (κ3) is 7.46. The summed E-state index contributed by atoms with van der Waals surface area (Å²) < 4.78 is 15.5. The van der Waals surface area contributed by atoms with E-state index in [1.807, 2.05) is 0 Å². The minimum atomic E-state index is -0.681. The number of imide groups is 1. The highest BCUT2D eigenvalue weighted by atomic mass is 16.7. The number of hydrogen-bond acceptors (Lipinski definition) is 8. The van der Waals surface area contributed by atoms with Crippen LogP contribution in [0.1, 0.15) is 19.3 Å². The Hall–Kier alpha value is -1.55. The second kappa shape index (κ2) is 11.1. The summed E-state index contributed by atoms with van der Waals surface area (Å²) in [6.45, 7) is 2.74. The lowest BCUT2D eigenvalue weighted by molar-refractivity contribution is -0.198. The number of nitrogens with two attached hydrogens (primary N) is 1. The fourth-order valence-corrected chi connectivity index (χ4v) is 1.59. The van der Waals surface area contributed by atoms with Crippen molar-refractivity contribution in [3.8, 4) is 0 Å². The lowest BCUT2D eigenvalue weighted by atomic mass is 10.4. The zero-order valence-electron chi connectivity index (χ0n) is 12.5. The third-order valence-corrected chi connectivity index (χ3v) is 2.66. The molecule has 0 radical (unpaired) electrons. The first-order valence-electron chi connectivity index (χ1n) is 7.15. The molecule has 2 amide bonds. The molecular weight excluding hydrogens is 296 g/mol. The average Bonchev–Trinajstić information content (AvgIpc) is 2.81. The molecule has 0 bridgehead atoms. The van der Waals surface area contributed by atoms with E-state index in [1.54, 1.807) is 0 Å². The standard InChI is InChI=1S/C13H22N2O7/c14-4-6-20-8-10-21-9-7-19-5-3-13(18)22-15-11(16)1-2-12(15)17/h1-10,14H2. The second-order valence-corrected chi connectivity index (χ2v) is 4.42. The Kier molecular flexibility index (Phi) is 9.31. The Morgan fingerprint density at radius 2 is 1.41 bits per heavy atom. The normalized spacial score (nSPS) is 14.7. The van der Waals surface area contributed by atoms with Gasteiger partial charge in [0.15, 0.2) is 0 Å². The van der Waals surface area contributed by atoms with Gasteiger partial charge in [0.2, 0.25) is 0 Å². The first-order valence-corrected chi connectivity index (χ1v) is 7.15. The minimum Gasteiger partial charge on any atom is -0.378 e. The predicted octanol–water partition coefficient (Wildman–Crippen LogP) is -1.01. The molecule has 0 aromatic carbocycles. The lowest BCUT2D eigenvalue weighted by Gasteiger charge is -2.12. The van der Waals surface area contributed by atoms with Crippen molar-refractivity contribution in [2.45, 2.75) is 19.3 Å². The predicted molar refractivity (Wildman–Crippen MR) is 73.3 cm³/mol. The summed E-state index contributed by atoms with van der Waals surface area (Å²) in [4.78, 5) is 38.5. The van der Waals surface area contributed by atoms with Gasteiger partial charge in [-0.2, -0.15) is 0 Å².